The zero-order valence-electron chi connectivity index (χ0n) is 13.0. The van der Waals surface area contributed by atoms with Crippen molar-refractivity contribution < 1.29 is 8.42 Å². The summed E-state index contributed by atoms with van der Waals surface area (Å²) in [4.78, 5) is 5.36. The first-order chi connectivity index (χ1) is 10.8. The number of rotatable bonds is 4. The van der Waals surface area contributed by atoms with Crippen molar-refractivity contribution in [2.75, 3.05) is 6.26 Å². The zero-order valence-corrected chi connectivity index (χ0v) is 14.6. The van der Waals surface area contributed by atoms with E-state index in [0.29, 0.717) is 12.1 Å². The molecule has 0 atom stereocenters. The van der Waals surface area contributed by atoms with Gasteiger partial charge in [0.1, 0.15) is 0 Å². The van der Waals surface area contributed by atoms with Gasteiger partial charge in [-0.25, -0.2) is 13.4 Å². The molecule has 0 bridgehead atoms. The van der Waals surface area contributed by atoms with Crippen LogP contribution in [0.2, 0.25) is 0 Å². The summed E-state index contributed by atoms with van der Waals surface area (Å²) in [6.45, 7) is 1.92. The van der Waals surface area contributed by atoms with Crippen molar-refractivity contribution in [3.05, 3.63) is 59.3 Å². The van der Waals surface area contributed by atoms with Crippen molar-refractivity contribution in [2.45, 2.75) is 18.2 Å². The molecule has 4 nitrogen and oxygen atoms in total. The highest BCUT2D eigenvalue weighted by molar-refractivity contribution is 7.90. The Balaban J connectivity index is 2.53. The maximum Gasteiger partial charge on any atom is 0.175 e. The fourth-order valence-electron chi connectivity index (χ4n) is 2.28. The molecule has 0 aromatic heterocycles. The number of benzene rings is 1. The number of hydrogen-bond acceptors (Lipinski definition) is 4. The monoisotopic (exact) mass is 346 g/mol. The summed E-state index contributed by atoms with van der Waals surface area (Å²) in [7, 11) is -3.21. The number of nitrogens with two attached hydrogens (primary N) is 1. The van der Waals surface area contributed by atoms with Crippen molar-refractivity contribution >= 4 is 38.8 Å². The quantitative estimate of drug-likeness (QED) is 0.517. The Labute approximate surface area is 142 Å². The summed E-state index contributed by atoms with van der Waals surface area (Å²) < 4.78 is 23.1. The molecule has 23 heavy (non-hydrogen) atoms. The summed E-state index contributed by atoms with van der Waals surface area (Å²) in [6.07, 6.45) is 8.98. The van der Waals surface area contributed by atoms with Crippen LogP contribution < -0.4 is 5.73 Å². The van der Waals surface area contributed by atoms with Crippen LogP contribution in [0, 0.1) is 0 Å². The summed E-state index contributed by atoms with van der Waals surface area (Å²) in [5.41, 5.74) is 8.81. The van der Waals surface area contributed by atoms with Gasteiger partial charge in [0.25, 0.3) is 0 Å². The second-order valence-corrected chi connectivity index (χ2v) is 7.69. The SMILES string of the molecule is C/C(=C(\N=CN)C1=CC=CCC1=S)c1ccc(S(C)(=O)=O)cc1. The van der Waals surface area contributed by atoms with E-state index in [1.54, 1.807) is 24.3 Å². The molecule has 1 aliphatic carbocycles. The average Bonchev–Trinajstić information content (AvgIpc) is 2.52. The lowest BCUT2D eigenvalue weighted by molar-refractivity contribution is 0.602. The molecule has 2 rings (SSSR count). The number of thiocarbonyl (C=S) groups is 1. The fraction of sp³-hybridized carbons (Fsp3) is 0.176. The van der Waals surface area contributed by atoms with Crippen LogP contribution in [0.15, 0.2) is 63.7 Å². The molecule has 2 N–H and O–H groups in total. The highest BCUT2D eigenvalue weighted by Crippen LogP contribution is 2.28. The maximum absolute atomic E-state index is 11.6. The highest BCUT2D eigenvalue weighted by Gasteiger charge is 2.15. The van der Waals surface area contributed by atoms with Gasteiger partial charge in [-0.3, -0.25) is 0 Å². The molecule has 0 heterocycles. The van der Waals surface area contributed by atoms with Crippen LogP contribution in [0.1, 0.15) is 18.9 Å². The Hall–Kier alpha value is -2.05. The Morgan fingerprint density at radius 1 is 1.30 bits per heavy atom. The molecule has 1 aromatic carbocycles. The van der Waals surface area contributed by atoms with Crippen LogP contribution in [-0.4, -0.2) is 25.9 Å². The van der Waals surface area contributed by atoms with Gasteiger partial charge >= 0.3 is 0 Å². The third-order valence-corrected chi connectivity index (χ3v) is 5.05. The normalized spacial score (nSPS) is 16.4. The van der Waals surface area contributed by atoms with E-state index in [1.807, 2.05) is 25.2 Å². The molecule has 0 radical (unpaired) electrons. The lowest BCUT2D eigenvalue weighted by Gasteiger charge is -2.15. The number of hydrogen-bond donors (Lipinski definition) is 1. The third kappa shape index (κ3) is 4.03. The molecule has 0 amide bonds. The molecule has 0 fully saturated rings. The van der Waals surface area contributed by atoms with Crippen LogP contribution in [-0.2, 0) is 9.84 Å². The molecule has 1 aromatic rings. The number of sulfone groups is 1. The molecule has 0 aliphatic heterocycles. The van der Waals surface area contributed by atoms with Gasteiger partial charge in [-0.15, -0.1) is 0 Å². The van der Waals surface area contributed by atoms with E-state index in [-0.39, 0.29) is 4.90 Å². The fourth-order valence-corrected chi connectivity index (χ4v) is 3.18. The Morgan fingerprint density at radius 2 is 1.96 bits per heavy atom. The van der Waals surface area contributed by atoms with E-state index in [4.69, 9.17) is 18.0 Å². The Bertz CT molecular complexity index is 843. The van der Waals surface area contributed by atoms with E-state index in [0.717, 1.165) is 21.6 Å². The van der Waals surface area contributed by atoms with Gasteiger partial charge in [-0.1, -0.05) is 42.6 Å². The van der Waals surface area contributed by atoms with Gasteiger partial charge in [-0.2, -0.15) is 0 Å². The lowest BCUT2D eigenvalue weighted by atomic mass is 9.96. The van der Waals surface area contributed by atoms with E-state index < -0.39 is 9.84 Å². The Kier molecular flexibility index (Phi) is 5.28. The Morgan fingerprint density at radius 3 is 2.48 bits per heavy atom. The van der Waals surface area contributed by atoms with Crippen molar-refractivity contribution in [1.82, 2.24) is 0 Å². The molecule has 0 saturated carbocycles. The van der Waals surface area contributed by atoms with Crippen LogP contribution in [0.4, 0.5) is 0 Å². The molecule has 120 valence electrons. The predicted octanol–water partition coefficient (Wildman–Crippen LogP) is 3.06. The van der Waals surface area contributed by atoms with E-state index in [1.165, 1.54) is 12.6 Å². The van der Waals surface area contributed by atoms with Crippen LogP contribution in [0.25, 0.3) is 5.57 Å². The summed E-state index contributed by atoms with van der Waals surface area (Å²) in [6, 6.07) is 6.71. The molecule has 6 heteroatoms. The van der Waals surface area contributed by atoms with E-state index >= 15 is 0 Å². The van der Waals surface area contributed by atoms with Gasteiger partial charge in [-0.05, 0) is 30.2 Å². The van der Waals surface area contributed by atoms with Crippen molar-refractivity contribution in [3.63, 3.8) is 0 Å². The summed E-state index contributed by atoms with van der Waals surface area (Å²) in [5.74, 6) is 0. The second-order valence-electron chi connectivity index (χ2n) is 5.18. The number of aliphatic imine (C=N–C) groups is 1. The van der Waals surface area contributed by atoms with Gasteiger partial charge < -0.3 is 5.73 Å². The largest absolute Gasteiger partial charge is 0.390 e. The van der Waals surface area contributed by atoms with Crippen LogP contribution >= 0.6 is 12.2 Å². The maximum atomic E-state index is 11.6. The average molecular weight is 346 g/mol. The lowest BCUT2D eigenvalue weighted by Crippen LogP contribution is -2.06. The highest BCUT2D eigenvalue weighted by atomic mass is 32.2. The van der Waals surface area contributed by atoms with E-state index in [2.05, 4.69) is 4.99 Å². The minimum atomic E-state index is -3.21. The molecule has 1 aliphatic rings. The summed E-state index contributed by atoms with van der Waals surface area (Å²) in [5, 5.41) is 0. The van der Waals surface area contributed by atoms with E-state index in [9.17, 15) is 8.42 Å². The molecule has 0 saturated heterocycles. The van der Waals surface area contributed by atoms with Crippen LogP contribution in [0.5, 0.6) is 0 Å². The van der Waals surface area contributed by atoms with Crippen molar-refractivity contribution in [1.29, 1.82) is 0 Å². The number of nitrogens with zero attached hydrogens (tertiary/aromatic N) is 1. The first kappa shape index (κ1) is 17.3. The standard InChI is InChI=1S/C17H18N2O2S2/c1-12(13-7-9-14(10-8-13)23(2,20)21)17(19-11-18)15-5-3-4-6-16(15)22/h3-5,7-11H,6H2,1-2H3,(H2,18,19)/b17-12+. The molecule has 0 spiro atoms. The third-order valence-electron chi connectivity index (χ3n) is 3.53. The van der Waals surface area contributed by atoms with Gasteiger partial charge in [0.05, 0.1) is 16.9 Å². The topological polar surface area (TPSA) is 72.5 Å². The first-order valence-electron chi connectivity index (χ1n) is 7.00. The molecular weight excluding hydrogens is 328 g/mol. The minimum Gasteiger partial charge on any atom is -0.390 e. The molecular formula is C17H18N2O2S2. The van der Waals surface area contributed by atoms with Crippen LogP contribution in [0.3, 0.4) is 0 Å². The van der Waals surface area contributed by atoms with Gasteiger partial charge in [0, 0.05) is 23.1 Å². The van der Waals surface area contributed by atoms with Crippen molar-refractivity contribution in [3.8, 4) is 0 Å². The first-order valence-corrected chi connectivity index (χ1v) is 9.30. The van der Waals surface area contributed by atoms with Gasteiger partial charge in [0.15, 0.2) is 9.84 Å². The molecule has 0 unspecified atom stereocenters. The van der Waals surface area contributed by atoms with Crippen molar-refractivity contribution in [2.24, 2.45) is 10.7 Å². The smallest absolute Gasteiger partial charge is 0.175 e. The minimum absolute atomic E-state index is 0.285. The predicted molar refractivity (Wildman–Crippen MR) is 99.3 cm³/mol. The summed E-state index contributed by atoms with van der Waals surface area (Å²) >= 11 is 5.41. The zero-order chi connectivity index (χ0) is 17.0. The number of allylic oxidation sites excluding steroid dienone is 5. The van der Waals surface area contributed by atoms with Gasteiger partial charge in [0.2, 0.25) is 0 Å². The second kappa shape index (κ2) is 7.02.